The van der Waals surface area contributed by atoms with Gasteiger partial charge in [-0.25, -0.2) is 9.48 Å². The van der Waals surface area contributed by atoms with E-state index in [0.29, 0.717) is 11.7 Å². The van der Waals surface area contributed by atoms with Crippen molar-refractivity contribution >= 4 is 11.8 Å². The summed E-state index contributed by atoms with van der Waals surface area (Å²) in [7, 11) is 0. The Morgan fingerprint density at radius 2 is 2.39 bits per heavy atom. The van der Waals surface area contributed by atoms with Gasteiger partial charge in [0.25, 0.3) is 0 Å². The molecule has 1 aliphatic rings. The van der Waals surface area contributed by atoms with Crippen LogP contribution < -0.4 is 10.6 Å². The fourth-order valence-corrected chi connectivity index (χ4v) is 2.62. The van der Waals surface area contributed by atoms with Gasteiger partial charge in [-0.1, -0.05) is 6.07 Å². The van der Waals surface area contributed by atoms with E-state index >= 15 is 0 Å². The highest BCUT2D eigenvalue weighted by atomic mass is 16.5. The summed E-state index contributed by atoms with van der Waals surface area (Å²) >= 11 is 0. The third kappa shape index (κ3) is 4.07. The predicted octanol–water partition coefficient (Wildman–Crippen LogP) is 2.20. The largest absolute Gasteiger partial charge is 0.381 e. The zero-order valence-corrected chi connectivity index (χ0v) is 13.1. The molecule has 0 aliphatic carbocycles. The van der Waals surface area contributed by atoms with Gasteiger partial charge in [0.1, 0.15) is 5.82 Å². The Kier molecular flexibility index (Phi) is 4.87. The number of hydrogen-bond acceptors (Lipinski definition) is 4. The van der Waals surface area contributed by atoms with Crippen molar-refractivity contribution in [3.63, 3.8) is 0 Å². The maximum absolute atomic E-state index is 12.2. The lowest BCUT2D eigenvalue weighted by molar-refractivity contribution is 0.181. The fourth-order valence-electron chi connectivity index (χ4n) is 2.62. The van der Waals surface area contributed by atoms with E-state index in [2.05, 4.69) is 20.7 Å². The van der Waals surface area contributed by atoms with Crippen LogP contribution in [0, 0.1) is 5.92 Å². The summed E-state index contributed by atoms with van der Waals surface area (Å²) in [5, 5.41) is 10.0. The zero-order chi connectivity index (χ0) is 16.1. The van der Waals surface area contributed by atoms with Gasteiger partial charge < -0.3 is 10.1 Å². The van der Waals surface area contributed by atoms with E-state index in [1.54, 1.807) is 24.7 Å². The molecule has 0 radical (unpaired) electrons. The Hall–Kier alpha value is -2.41. The first-order chi connectivity index (χ1) is 11.2. The van der Waals surface area contributed by atoms with Crippen molar-refractivity contribution in [3.05, 3.63) is 42.4 Å². The van der Waals surface area contributed by atoms with Gasteiger partial charge in [0.15, 0.2) is 0 Å². The standard InChI is InChI=1S/C16H21N5O2/c1-12(14-3-2-6-17-9-14)19-16(22)20-15-4-7-18-21(15)10-13-5-8-23-11-13/h2-4,6-7,9,12-13H,5,8,10-11H2,1H3,(H2,19,20,22)/t12-,13+/m1/s1. The zero-order valence-electron chi connectivity index (χ0n) is 13.1. The molecule has 2 atom stereocenters. The molecule has 0 aromatic carbocycles. The molecule has 0 bridgehead atoms. The molecule has 2 aromatic heterocycles. The molecule has 122 valence electrons. The van der Waals surface area contributed by atoms with Crippen molar-refractivity contribution in [1.29, 1.82) is 0 Å². The van der Waals surface area contributed by atoms with Crippen LogP contribution in [0.3, 0.4) is 0 Å². The van der Waals surface area contributed by atoms with E-state index in [1.807, 2.05) is 23.7 Å². The molecular weight excluding hydrogens is 294 g/mol. The average Bonchev–Trinajstić information content (AvgIpc) is 3.21. The van der Waals surface area contributed by atoms with E-state index in [9.17, 15) is 4.79 Å². The molecule has 1 aliphatic heterocycles. The predicted molar refractivity (Wildman–Crippen MR) is 86.0 cm³/mol. The Morgan fingerprint density at radius 1 is 1.48 bits per heavy atom. The van der Waals surface area contributed by atoms with Crippen LogP contribution in [0.5, 0.6) is 0 Å². The lowest BCUT2D eigenvalue weighted by Gasteiger charge is -2.16. The lowest BCUT2D eigenvalue weighted by Crippen LogP contribution is -2.32. The van der Waals surface area contributed by atoms with E-state index in [0.717, 1.165) is 31.7 Å². The number of pyridine rings is 1. The van der Waals surface area contributed by atoms with Gasteiger partial charge in [0.05, 0.1) is 18.8 Å². The third-order valence-corrected chi connectivity index (χ3v) is 3.95. The minimum Gasteiger partial charge on any atom is -0.381 e. The number of aromatic nitrogens is 3. The monoisotopic (exact) mass is 315 g/mol. The summed E-state index contributed by atoms with van der Waals surface area (Å²) in [5.41, 5.74) is 0.958. The van der Waals surface area contributed by atoms with Gasteiger partial charge in [0.2, 0.25) is 0 Å². The van der Waals surface area contributed by atoms with Gasteiger partial charge in [-0.05, 0) is 25.0 Å². The number of rotatable bonds is 5. The van der Waals surface area contributed by atoms with Crippen LogP contribution in [0.15, 0.2) is 36.8 Å². The van der Waals surface area contributed by atoms with Gasteiger partial charge >= 0.3 is 6.03 Å². The Bertz CT molecular complexity index is 637. The van der Waals surface area contributed by atoms with Crippen molar-refractivity contribution < 1.29 is 9.53 Å². The van der Waals surface area contributed by atoms with Crippen LogP contribution in [0.2, 0.25) is 0 Å². The van der Waals surface area contributed by atoms with Crippen molar-refractivity contribution in [2.75, 3.05) is 18.5 Å². The number of amides is 2. The molecule has 7 heteroatoms. The van der Waals surface area contributed by atoms with Crippen LogP contribution in [0.25, 0.3) is 0 Å². The maximum Gasteiger partial charge on any atom is 0.320 e. The molecule has 7 nitrogen and oxygen atoms in total. The smallest absolute Gasteiger partial charge is 0.320 e. The SMILES string of the molecule is C[C@@H](NC(=O)Nc1ccnn1C[C@@H]1CCOC1)c1cccnc1. The van der Waals surface area contributed by atoms with Gasteiger partial charge in [-0.15, -0.1) is 0 Å². The minimum absolute atomic E-state index is 0.122. The lowest BCUT2D eigenvalue weighted by atomic mass is 10.1. The summed E-state index contributed by atoms with van der Waals surface area (Å²) in [6.07, 6.45) is 6.18. The molecule has 1 fully saturated rings. The first-order valence-electron chi connectivity index (χ1n) is 7.79. The number of hydrogen-bond donors (Lipinski definition) is 2. The summed E-state index contributed by atoms with van der Waals surface area (Å²) in [5.74, 6) is 1.14. The second-order valence-corrected chi connectivity index (χ2v) is 5.73. The molecule has 3 rings (SSSR count). The number of anilines is 1. The van der Waals surface area contributed by atoms with Crippen molar-refractivity contribution in [1.82, 2.24) is 20.1 Å². The number of nitrogens with one attached hydrogen (secondary N) is 2. The van der Waals surface area contributed by atoms with E-state index in [-0.39, 0.29) is 12.1 Å². The van der Waals surface area contributed by atoms with Crippen molar-refractivity contribution in [3.8, 4) is 0 Å². The molecule has 0 spiro atoms. The Morgan fingerprint density at radius 3 is 3.13 bits per heavy atom. The summed E-state index contributed by atoms with van der Waals surface area (Å²) in [6.45, 7) is 4.23. The molecule has 23 heavy (non-hydrogen) atoms. The molecule has 2 N–H and O–H groups in total. The first kappa shape index (κ1) is 15.5. The number of carbonyl (C=O) groups excluding carboxylic acids is 1. The normalized spacial score (nSPS) is 18.6. The van der Waals surface area contributed by atoms with Crippen LogP contribution in [0.1, 0.15) is 24.9 Å². The van der Waals surface area contributed by atoms with E-state index < -0.39 is 0 Å². The number of urea groups is 1. The second kappa shape index (κ2) is 7.23. The Labute approximate surface area is 135 Å². The molecule has 0 unspecified atom stereocenters. The summed E-state index contributed by atoms with van der Waals surface area (Å²) < 4.78 is 7.19. The average molecular weight is 315 g/mol. The first-order valence-corrected chi connectivity index (χ1v) is 7.79. The molecule has 3 heterocycles. The van der Waals surface area contributed by atoms with Crippen molar-refractivity contribution in [2.45, 2.75) is 25.9 Å². The molecule has 2 amide bonds. The van der Waals surface area contributed by atoms with Crippen LogP contribution in [-0.4, -0.2) is 34.0 Å². The minimum atomic E-state index is -0.259. The molecule has 1 saturated heterocycles. The van der Waals surface area contributed by atoms with Crippen molar-refractivity contribution in [2.24, 2.45) is 5.92 Å². The Balaban J connectivity index is 1.56. The molecule has 0 saturated carbocycles. The maximum atomic E-state index is 12.2. The fraction of sp³-hybridized carbons (Fsp3) is 0.438. The number of ether oxygens (including phenoxy) is 1. The van der Waals surface area contributed by atoms with Gasteiger partial charge in [-0.2, -0.15) is 5.10 Å². The van der Waals surface area contributed by atoms with Gasteiger partial charge in [0, 0.05) is 37.5 Å². The topological polar surface area (TPSA) is 81.1 Å². The number of carbonyl (C=O) groups is 1. The molecule has 2 aromatic rings. The van der Waals surface area contributed by atoms with Crippen LogP contribution in [0.4, 0.5) is 10.6 Å². The number of nitrogens with zero attached hydrogens (tertiary/aromatic N) is 3. The van der Waals surface area contributed by atoms with E-state index in [4.69, 9.17) is 4.74 Å². The van der Waals surface area contributed by atoms with Gasteiger partial charge in [-0.3, -0.25) is 10.3 Å². The summed E-state index contributed by atoms with van der Waals surface area (Å²) in [4.78, 5) is 16.2. The highest BCUT2D eigenvalue weighted by molar-refractivity contribution is 5.88. The second-order valence-electron chi connectivity index (χ2n) is 5.73. The highest BCUT2D eigenvalue weighted by Gasteiger charge is 2.18. The van der Waals surface area contributed by atoms with Crippen LogP contribution >= 0.6 is 0 Å². The van der Waals surface area contributed by atoms with E-state index in [1.165, 1.54) is 0 Å². The highest BCUT2D eigenvalue weighted by Crippen LogP contribution is 2.17. The molecular formula is C16H21N5O2. The third-order valence-electron chi connectivity index (χ3n) is 3.95. The quantitative estimate of drug-likeness (QED) is 0.886. The summed E-state index contributed by atoms with van der Waals surface area (Å²) in [6, 6.07) is 5.20. The van der Waals surface area contributed by atoms with Crippen LogP contribution in [-0.2, 0) is 11.3 Å².